The quantitative estimate of drug-likeness (QED) is 0.539. The van der Waals surface area contributed by atoms with Gasteiger partial charge >= 0.3 is 0 Å². The number of carbonyl (C=O) groups excluding carboxylic acids is 1. The maximum absolute atomic E-state index is 10.4. The zero-order valence-corrected chi connectivity index (χ0v) is 6.75. The number of hydrogen-bond donors (Lipinski definition) is 1. The molecule has 4 nitrogen and oxygen atoms in total. The first-order valence-electron chi connectivity index (χ1n) is 3.82. The first kappa shape index (κ1) is 8.49. The van der Waals surface area contributed by atoms with Crippen molar-refractivity contribution < 1.29 is 9.53 Å². The number of rotatable bonds is 3. The monoisotopic (exact) mass is 158 g/mol. The molecule has 0 aromatic heterocycles. The molecule has 1 aliphatic rings. The van der Waals surface area contributed by atoms with Crippen molar-refractivity contribution in [1.29, 1.82) is 0 Å². The van der Waals surface area contributed by atoms with Gasteiger partial charge in [0, 0.05) is 19.6 Å². The molecule has 1 saturated heterocycles. The molecule has 1 rings (SSSR count). The summed E-state index contributed by atoms with van der Waals surface area (Å²) in [5.41, 5.74) is 0. The fourth-order valence-electron chi connectivity index (χ4n) is 1.19. The molecule has 0 radical (unpaired) electrons. The molecule has 0 aliphatic carbocycles. The Morgan fingerprint density at radius 2 is 2.64 bits per heavy atom. The highest BCUT2D eigenvalue weighted by Gasteiger charge is 2.17. The molecule has 1 fully saturated rings. The normalized spacial score (nSPS) is 25.2. The minimum Gasteiger partial charge on any atom is -0.373 e. The maximum Gasteiger partial charge on any atom is 0.209 e. The van der Waals surface area contributed by atoms with Gasteiger partial charge in [-0.3, -0.25) is 4.79 Å². The summed E-state index contributed by atoms with van der Waals surface area (Å²) in [5, 5.41) is 3.01. The molecule has 0 aromatic carbocycles. The van der Waals surface area contributed by atoms with Crippen LogP contribution < -0.4 is 5.32 Å². The lowest BCUT2D eigenvalue weighted by molar-refractivity contribution is -0.125. The van der Waals surface area contributed by atoms with Gasteiger partial charge in [0.1, 0.15) is 0 Å². The Balaban J connectivity index is 2.27. The zero-order valence-electron chi connectivity index (χ0n) is 6.75. The molecule has 11 heavy (non-hydrogen) atoms. The van der Waals surface area contributed by atoms with Gasteiger partial charge in [0.2, 0.25) is 6.41 Å². The highest BCUT2D eigenvalue weighted by atomic mass is 16.5. The molecule has 0 spiro atoms. The molecular weight excluding hydrogens is 144 g/mol. The number of ether oxygens (including phenoxy) is 1. The van der Waals surface area contributed by atoms with Crippen LogP contribution in [0.2, 0.25) is 0 Å². The number of likely N-dealkylation sites (N-methyl/N-ethyl adjacent to an activating group) is 1. The van der Waals surface area contributed by atoms with Crippen LogP contribution in [0.3, 0.4) is 0 Å². The van der Waals surface area contributed by atoms with E-state index in [1.165, 1.54) is 0 Å². The van der Waals surface area contributed by atoms with Crippen LogP contribution in [-0.4, -0.2) is 50.7 Å². The van der Waals surface area contributed by atoms with Gasteiger partial charge in [-0.05, 0) is 7.05 Å². The van der Waals surface area contributed by atoms with Gasteiger partial charge in [-0.25, -0.2) is 0 Å². The minimum absolute atomic E-state index is 0.166. The van der Waals surface area contributed by atoms with Crippen molar-refractivity contribution in [3.8, 4) is 0 Å². The summed E-state index contributed by atoms with van der Waals surface area (Å²) in [7, 11) is 1.88. The summed E-state index contributed by atoms with van der Waals surface area (Å²) >= 11 is 0. The van der Waals surface area contributed by atoms with E-state index < -0.39 is 0 Å². The SMILES string of the molecule is CNC[C@@H]1CN(C=O)CCO1. The molecule has 4 heteroatoms. The van der Waals surface area contributed by atoms with Gasteiger partial charge in [-0.15, -0.1) is 0 Å². The number of nitrogens with zero attached hydrogens (tertiary/aromatic N) is 1. The van der Waals surface area contributed by atoms with E-state index in [0.29, 0.717) is 13.2 Å². The van der Waals surface area contributed by atoms with Crippen LogP contribution in [0, 0.1) is 0 Å². The van der Waals surface area contributed by atoms with Crippen molar-refractivity contribution in [2.45, 2.75) is 6.10 Å². The van der Waals surface area contributed by atoms with Crippen LogP contribution in [0.15, 0.2) is 0 Å². The van der Waals surface area contributed by atoms with Gasteiger partial charge in [-0.2, -0.15) is 0 Å². The van der Waals surface area contributed by atoms with E-state index >= 15 is 0 Å². The first-order valence-corrected chi connectivity index (χ1v) is 3.82. The lowest BCUT2D eigenvalue weighted by Crippen LogP contribution is -2.45. The Morgan fingerprint density at radius 3 is 3.27 bits per heavy atom. The van der Waals surface area contributed by atoms with Crippen molar-refractivity contribution in [3.05, 3.63) is 0 Å². The van der Waals surface area contributed by atoms with E-state index in [2.05, 4.69) is 5.32 Å². The summed E-state index contributed by atoms with van der Waals surface area (Å²) in [6.07, 6.45) is 1.05. The van der Waals surface area contributed by atoms with E-state index in [9.17, 15) is 4.79 Å². The largest absolute Gasteiger partial charge is 0.373 e. The van der Waals surface area contributed by atoms with Crippen molar-refractivity contribution in [3.63, 3.8) is 0 Å². The Labute approximate surface area is 66.5 Å². The lowest BCUT2D eigenvalue weighted by atomic mass is 10.3. The van der Waals surface area contributed by atoms with Gasteiger partial charge < -0.3 is 15.0 Å². The Kier molecular flexibility index (Phi) is 3.32. The van der Waals surface area contributed by atoms with E-state index in [0.717, 1.165) is 19.5 Å². The standard InChI is InChI=1S/C7H14N2O2/c1-8-4-7-5-9(6-10)2-3-11-7/h6-8H,2-5H2,1H3/t7-/m1/s1. The summed E-state index contributed by atoms with van der Waals surface area (Å²) in [6.45, 7) is 2.91. The van der Waals surface area contributed by atoms with Crippen LogP contribution in [0.1, 0.15) is 0 Å². The van der Waals surface area contributed by atoms with E-state index in [1.54, 1.807) is 4.90 Å². The summed E-state index contributed by atoms with van der Waals surface area (Å²) < 4.78 is 5.39. The number of hydrogen-bond acceptors (Lipinski definition) is 3. The fraction of sp³-hybridized carbons (Fsp3) is 0.857. The molecule has 1 N–H and O–H groups in total. The molecule has 0 aromatic rings. The van der Waals surface area contributed by atoms with Crippen molar-refractivity contribution >= 4 is 6.41 Å². The van der Waals surface area contributed by atoms with E-state index in [4.69, 9.17) is 4.74 Å². The number of nitrogens with one attached hydrogen (secondary N) is 1. The highest BCUT2D eigenvalue weighted by Crippen LogP contribution is 2.01. The fourth-order valence-corrected chi connectivity index (χ4v) is 1.19. The lowest BCUT2D eigenvalue weighted by Gasteiger charge is -2.29. The van der Waals surface area contributed by atoms with Crippen LogP contribution >= 0.6 is 0 Å². The smallest absolute Gasteiger partial charge is 0.209 e. The summed E-state index contributed by atoms with van der Waals surface area (Å²) in [6, 6.07) is 0. The number of morpholine rings is 1. The van der Waals surface area contributed by atoms with E-state index in [-0.39, 0.29) is 6.10 Å². The minimum atomic E-state index is 0.166. The zero-order chi connectivity index (χ0) is 8.10. The second-order valence-electron chi connectivity index (χ2n) is 2.65. The van der Waals surface area contributed by atoms with Crippen LogP contribution in [0.25, 0.3) is 0 Å². The predicted molar refractivity (Wildman–Crippen MR) is 41.3 cm³/mol. The predicted octanol–water partition coefficient (Wildman–Crippen LogP) is -0.937. The third-order valence-electron chi connectivity index (χ3n) is 1.75. The average molecular weight is 158 g/mol. The van der Waals surface area contributed by atoms with Crippen molar-refractivity contribution in [2.75, 3.05) is 33.3 Å². The topological polar surface area (TPSA) is 41.6 Å². The molecule has 1 atom stereocenters. The summed E-state index contributed by atoms with van der Waals surface area (Å²) in [5.74, 6) is 0. The number of carbonyl (C=O) groups is 1. The summed E-state index contributed by atoms with van der Waals surface area (Å²) in [4.78, 5) is 12.1. The van der Waals surface area contributed by atoms with Gasteiger partial charge in [0.25, 0.3) is 0 Å². The Hall–Kier alpha value is -0.610. The van der Waals surface area contributed by atoms with Crippen molar-refractivity contribution in [1.82, 2.24) is 10.2 Å². The van der Waals surface area contributed by atoms with Gasteiger partial charge in [0.15, 0.2) is 0 Å². The van der Waals surface area contributed by atoms with Crippen LogP contribution in [0.4, 0.5) is 0 Å². The molecule has 0 saturated carbocycles. The first-order chi connectivity index (χ1) is 5.36. The van der Waals surface area contributed by atoms with Crippen molar-refractivity contribution in [2.24, 2.45) is 0 Å². The molecule has 1 heterocycles. The molecule has 1 amide bonds. The molecule has 1 aliphatic heterocycles. The highest BCUT2D eigenvalue weighted by molar-refractivity contribution is 5.47. The third kappa shape index (κ3) is 2.48. The second kappa shape index (κ2) is 4.31. The molecule has 0 bridgehead atoms. The Bertz CT molecular complexity index is 128. The van der Waals surface area contributed by atoms with Gasteiger partial charge in [0.05, 0.1) is 12.7 Å². The van der Waals surface area contributed by atoms with Gasteiger partial charge in [-0.1, -0.05) is 0 Å². The second-order valence-corrected chi connectivity index (χ2v) is 2.65. The molecule has 0 unspecified atom stereocenters. The maximum atomic E-state index is 10.4. The Morgan fingerprint density at radius 1 is 1.82 bits per heavy atom. The molecular formula is C7H14N2O2. The third-order valence-corrected chi connectivity index (χ3v) is 1.75. The van der Waals surface area contributed by atoms with Crippen LogP contribution in [0.5, 0.6) is 0 Å². The van der Waals surface area contributed by atoms with Crippen LogP contribution in [-0.2, 0) is 9.53 Å². The molecule has 64 valence electrons. The van der Waals surface area contributed by atoms with E-state index in [1.807, 2.05) is 7.05 Å². The average Bonchev–Trinajstić information content (AvgIpc) is 2.06. The number of amides is 1.